The Balaban J connectivity index is 1.45. The lowest BCUT2D eigenvalue weighted by Gasteiger charge is -2.41. The van der Waals surface area contributed by atoms with Gasteiger partial charge in [0.1, 0.15) is 17.9 Å². The van der Waals surface area contributed by atoms with Gasteiger partial charge in [-0.05, 0) is 23.6 Å². The normalized spacial score (nSPS) is 18.6. The van der Waals surface area contributed by atoms with Crippen molar-refractivity contribution in [2.75, 3.05) is 13.1 Å². The summed E-state index contributed by atoms with van der Waals surface area (Å²) >= 11 is 0. The molecule has 4 rings (SSSR count). The second-order valence-electron chi connectivity index (χ2n) is 7.60. The zero-order chi connectivity index (χ0) is 21.5. The minimum absolute atomic E-state index is 0.00768. The lowest BCUT2D eigenvalue weighted by molar-refractivity contribution is -0.255. The predicted octanol–water partition coefficient (Wildman–Crippen LogP) is -0.802. The molecule has 0 aromatic heterocycles. The topological polar surface area (TPSA) is 145 Å². The molecular formula is C20H21BN2O7-2. The van der Waals surface area contributed by atoms with Crippen LogP contribution in [0.1, 0.15) is 27.5 Å². The van der Waals surface area contributed by atoms with Crippen molar-refractivity contribution in [3.8, 4) is 11.5 Å². The quantitative estimate of drug-likeness (QED) is 0.541. The van der Waals surface area contributed by atoms with Crippen molar-refractivity contribution in [3.05, 3.63) is 59.2 Å². The van der Waals surface area contributed by atoms with Gasteiger partial charge in [-0.1, -0.05) is 42.7 Å². The van der Waals surface area contributed by atoms with E-state index in [1.165, 1.54) is 11.0 Å². The number of carboxylic acid groups (broad SMARTS) is 1. The predicted molar refractivity (Wildman–Crippen MR) is 104 cm³/mol. The molecular weight excluding hydrogens is 391 g/mol. The maximum absolute atomic E-state index is 12.5. The van der Waals surface area contributed by atoms with E-state index in [-0.39, 0.29) is 48.8 Å². The Morgan fingerprint density at radius 1 is 1.20 bits per heavy atom. The summed E-state index contributed by atoms with van der Waals surface area (Å²) in [5.41, 5.74) is 6.90. The maximum Gasteiger partial charge on any atom is 0.430 e. The molecule has 2 aromatic rings. The number of likely N-dealkylation sites (tertiary alicyclic amines) is 1. The molecule has 0 saturated carbocycles. The summed E-state index contributed by atoms with van der Waals surface area (Å²) in [6, 6.07) is 11.3. The van der Waals surface area contributed by atoms with Crippen LogP contribution in [0.25, 0.3) is 0 Å². The molecule has 1 saturated heterocycles. The molecule has 0 aliphatic carbocycles. The monoisotopic (exact) mass is 412 g/mol. The van der Waals surface area contributed by atoms with Gasteiger partial charge in [-0.15, -0.1) is 0 Å². The Labute approximate surface area is 172 Å². The van der Waals surface area contributed by atoms with Gasteiger partial charge in [0, 0.05) is 0 Å². The van der Waals surface area contributed by atoms with Gasteiger partial charge in [-0.2, -0.15) is 0 Å². The van der Waals surface area contributed by atoms with E-state index in [0.717, 1.165) is 0 Å². The highest BCUT2D eigenvalue weighted by Crippen LogP contribution is 2.38. The number of carbonyl (C=O) groups is 2. The number of benzene rings is 2. The maximum atomic E-state index is 12.5. The Hall–Kier alpha value is -3.08. The summed E-state index contributed by atoms with van der Waals surface area (Å²) in [4.78, 5) is 25.8. The molecule has 158 valence electrons. The van der Waals surface area contributed by atoms with Crippen molar-refractivity contribution in [1.29, 1.82) is 0 Å². The van der Waals surface area contributed by atoms with Crippen molar-refractivity contribution in [2.45, 2.75) is 24.9 Å². The van der Waals surface area contributed by atoms with Gasteiger partial charge in [0.2, 0.25) is 5.91 Å². The van der Waals surface area contributed by atoms with Crippen molar-refractivity contribution in [2.24, 2.45) is 5.73 Å². The highest BCUT2D eigenvalue weighted by molar-refractivity contribution is 6.59. The first-order valence-corrected chi connectivity index (χ1v) is 9.67. The van der Waals surface area contributed by atoms with E-state index in [1.54, 1.807) is 30.3 Å². The van der Waals surface area contributed by atoms with Crippen LogP contribution in [0.4, 0.5) is 0 Å². The number of fused-ring (bicyclic) bond motifs is 1. The number of aromatic carboxylic acids is 1. The summed E-state index contributed by atoms with van der Waals surface area (Å²) in [5, 5.41) is 31.3. The van der Waals surface area contributed by atoms with Gasteiger partial charge in [-0.25, -0.2) is 0 Å². The number of aryl methyl sites for hydroxylation is 1. The van der Waals surface area contributed by atoms with Gasteiger partial charge in [0.25, 0.3) is 0 Å². The van der Waals surface area contributed by atoms with Crippen LogP contribution >= 0.6 is 0 Å². The second-order valence-corrected chi connectivity index (χ2v) is 7.60. The first kappa shape index (κ1) is 20.2. The lowest BCUT2D eigenvalue weighted by atomic mass is 9.70. The molecule has 0 bridgehead atoms. The Kier molecular flexibility index (Phi) is 5.14. The third-order valence-electron chi connectivity index (χ3n) is 5.38. The first-order valence-electron chi connectivity index (χ1n) is 9.67. The molecule has 0 spiro atoms. The van der Waals surface area contributed by atoms with Crippen LogP contribution in [0, 0.1) is 0 Å². The van der Waals surface area contributed by atoms with Gasteiger partial charge in [0.05, 0.1) is 30.4 Å². The third kappa shape index (κ3) is 3.84. The molecule has 2 aliphatic rings. The van der Waals surface area contributed by atoms with Crippen molar-refractivity contribution >= 4 is 18.6 Å². The molecule has 0 radical (unpaired) electrons. The van der Waals surface area contributed by atoms with Crippen LogP contribution in [0.3, 0.4) is 0 Å². The fourth-order valence-electron chi connectivity index (χ4n) is 3.69. The van der Waals surface area contributed by atoms with E-state index in [9.17, 15) is 24.7 Å². The minimum atomic E-state index is -3.13. The van der Waals surface area contributed by atoms with Crippen LogP contribution in [0.2, 0.25) is 6.32 Å². The number of ether oxygens (including phenoxy) is 1. The molecule has 10 heteroatoms. The molecule has 2 aliphatic heterocycles. The standard InChI is InChI=1S/C20H22BN2O7/c22-17(12-4-2-1-3-5-12)19(24)23-10-14(11-23)29-15-7-6-13-8-9-21(27,28)30-18(13)16(15)20(25)26/h1-7,14,17,27-28H,8-11,22H2,(H,25,26)/q-1/p-1/t17-/m0/s1. The van der Waals surface area contributed by atoms with Crippen LogP contribution in [0.15, 0.2) is 42.5 Å². The minimum Gasteiger partial charge on any atom is -0.669 e. The summed E-state index contributed by atoms with van der Waals surface area (Å²) in [6.07, 6.45) is -0.206. The van der Waals surface area contributed by atoms with Crippen molar-refractivity contribution < 1.29 is 34.1 Å². The fraction of sp³-hybridized carbons (Fsp3) is 0.300. The number of rotatable bonds is 5. The number of carboxylic acids is 1. The largest absolute Gasteiger partial charge is 0.669 e. The Morgan fingerprint density at radius 3 is 2.57 bits per heavy atom. The fourth-order valence-corrected chi connectivity index (χ4v) is 3.69. The summed E-state index contributed by atoms with van der Waals surface area (Å²) in [7, 11) is 0. The molecule has 2 aromatic carbocycles. The number of nitrogens with two attached hydrogens (primary N) is 1. The van der Waals surface area contributed by atoms with Gasteiger partial charge in [-0.3, -0.25) is 4.79 Å². The van der Waals surface area contributed by atoms with Crippen LogP contribution < -0.4 is 20.2 Å². The summed E-state index contributed by atoms with van der Waals surface area (Å²) < 4.78 is 10.9. The van der Waals surface area contributed by atoms with Gasteiger partial charge >= 0.3 is 6.75 Å². The highest BCUT2D eigenvalue weighted by atomic mass is 16.6. The van der Waals surface area contributed by atoms with E-state index in [2.05, 4.69) is 0 Å². The molecule has 1 amide bonds. The zero-order valence-corrected chi connectivity index (χ0v) is 16.1. The number of carbonyl (C=O) groups excluding carboxylic acids is 2. The van der Waals surface area contributed by atoms with E-state index >= 15 is 0 Å². The molecule has 1 fully saturated rings. The lowest BCUT2D eigenvalue weighted by Crippen LogP contribution is -2.58. The molecule has 30 heavy (non-hydrogen) atoms. The molecule has 0 unspecified atom stereocenters. The number of hydrogen-bond acceptors (Lipinski definition) is 8. The van der Waals surface area contributed by atoms with Gasteiger partial charge in [0.15, 0.2) is 0 Å². The average molecular weight is 412 g/mol. The van der Waals surface area contributed by atoms with E-state index in [0.29, 0.717) is 11.1 Å². The molecule has 4 N–H and O–H groups in total. The van der Waals surface area contributed by atoms with E-state index < -0.39 is 24.9 Å². The Morgan fingerprint density at radius 2 is 1.90 bits per heavy atom. The van der Waals surface area contributed by atoms with Gasteiger partial charge < -0.3 is 40.0 Å². The second kappa shape index (κ2) is 7.64. The van der Waals surface area contributed by atoms with Crippen LogP contribution in [-0.2, 0) is 11.2 Å². The number of amides is 1. The highest BCUT2D eigenvalue weighted by Gasteiger charge is 2.36. The average Bonchev–Trinajstić information content (AvgIpc) is 2.68. The molecule has 1 atom stereocenters. The van der Waals surface area contributed by atoms with E-state index in [1.807, 2.05) is 6.07 Å². The van der Waals surface area contributed by atoms with E-state index in [4.69, 9.17) is 15.1 Å². The third-order valence-corrected chi connectivity index (χ3v) is 5.38. The first-order chi connectivity index (χ1) is 14.2. The van der Waals surface area contributed by atoms with Crippen molar-refractivity contribution in [1.82, 2.24) is 4.90 Å². The zero-order valence-electron chi connectivity index (χ0n) is 16.1. The smallest absolute Gasteiger partial charge is 0.430 e. The molecule has 2 heterocycles. The number of hydrogen-bond donors (Lipinski definition) is 3. The van der Waals surface area contributed by atoms with Crippen LogP contribution in [-0.4, -0.2) is 52.8 Å². The number of nitrogens with zero attached hydrogens (tertiary/aromatic N) is 1. The summed E-state index contributed by atoms with van der Waals surface area (Å²) in [6.45, 7) is -2.64. The van der Waals surface area contributed by atoms with Crippen molar-refractivity contribution in [3.63, 3.8) is 0 Å². The van der Waals surface area contributed by atoms with Crippen LogP contribution in [0.5, 0.6) is 11.5 Å². The SMILES string of the molecule is N[C@H](C(=O)N1CC(Oc2ccc3c(c2C(=O)[O-])O[B-](O)(O)CC3)C1)c1ccccc1. The Bertz CT molecular complexity index is 977. The molecule has 9 nitrogen and oxygen atoms in total. The summed E-state index contributed by atoms with van der Waals surface area (Å²) in [5.74, 6) is -1.95.